The summed E-state index contributed by atoms with van der Waals surface area (Å²) in [4.78, 5) is 11.8. The van der Waals surface area contributed by atoms with Crippen LogP contribution in [0.3, 0.4) is 0 Å². The Morgan fingerprint density at radius 3 is 2.86 bits per heavy atom. The number of nitrogens with one attached hydrogen (secondary N) is 2. The van der Waals surface area contributed by atoms with E-state index >= 15 is 0 Å². The Hall–Kier alpha value is -0.220. The van der Waals surface area contributed by atoms with Crippen LogP contribution in [0.25, 0.3) is 0 Å². The molecule has 0 saturated carbocycles. The van der Waals surface area contributed by atoms with Crippen molar-refractivity contribution < 1.29 is 4.79 Å². The van der Waals surface area contributed by atoms with Gasteiger partial charge in [-0.15, -0.1) is 0 Å². The summed E-state index contributed by atoms with van der Waals surface area (Å²) >= 11 is 1.63. The molecule has 2 unspecified atom stereocenters. The fourth-order valence-corrected chi connectivity index (χ4v) is 2.37. The molecule has 2 N–H and O–H groups in total. The molecule has 1 fully saturated rings. The van der Waals surface area contributed by atoms with Crippen LogP contribution in [-0.4, -0.2) is 36.0 Å². The Bertz CT molecular complexity index is 198. The second-order valence-electron chi connectivity index (χ2n) is 4.11. The highest BCUT2D eigenvalue weighted by Gasteiger charge is 2.31. The highest BCUT2D eigenvalue weighted by Crippen LogP contribution is 2.16. The van der Waals surface area contributed by atoms with Crippen molar-refractivity contribution in [2.45, 2.75) is 37.5 Å². The van der Waals surface area contributed by atoms with Gasteiger partial charge in [0, 0.05) is 6.54 Å². The highest BCUT2D eigenvalue weighted by molar-refractivity contribution is 7.99. The minimum atomic E-state index is -0.0275. The number of thioether (sulfide) groups is 1. The summed E-state index contributed by atoms with van der Waals surface area (Å²) in [7, 11) is 0. The van der Waals surface area contributed by atoms with Gasteiger partial charge in [-0.1, -0.05) is 6.92 Å². The second kappa shape index (κ2) is 5.03. The largest absolute Gasteiger partial charge is 0.349 e. The van der Waals surface area contributed by atoms with E-state index in [1.54, 1.807) is 11.8 Å². The zero-order valence-corrected chi connectivity index (χ0v) is 10.0. The van der Waals surface area contributed by atoms with Gasteiger partial charge in [0.2, 0.25) is 5.91 Å². The first kappa shape index (κ1) is 11.9. The summed E-state index contributed by atoms with van der Waals surface area (Å²) < 4.78 is 0. The minimum absolute atomic E-state index is 0.0275. The first-order valence-corrected chi connectivity index (χ1v) is 6.45. The van der Waals surface area contributed by atoms with Crippen molar-refractivity contribution in [1.29, 1.82) is 0 Å². The summed E-state index contributed by atoms with van der Waals surface area (Å²) in [5.41, 5.74) is -0.0275. The molecule has 1 aliphatic rings. The Morgan fingerprint density at radius 1 is 1.71 bits per heavy atom. The lowest BCUT2D eigenvalue weighted by molar-refractivity contribution is -0.122. The molecule has 4 heteroatoms. The first-order chi connectivity index (χ1) is 6.61. The average Bonchev–Trinajstić information content (AvgIpc) is 2.54. The zero-order valence-electron chi connectivity index (χ0n) is 9.22. The third-order valence-corrected chi connectivity index (χ3v) is 3.86. The molecule has 2 atom stereocenters. The number of carbonyl (C=O) groups excluding carboxylic acids is 1. The average molecular weight is 216 g/mol. The van der Waals surface area contributed by atoms with Gasteiger partial charge in [-0.3, -0.25) is 4.79 Å². The molecule has 1 aliphatic heterocycles. The molecule has 1 saturated heterocycles. The molecule has 0 aliphatic carbocycles. The van der Waals surface area contributed by atoms with Gasteiger partial charge >= 0.3 is 0 Å². The Balaban J connectivity index is 2.46. The van der Waals surface area contributed by atoms with E-state index < -0.39 is 0 Å². The number of hydrogen-bond donors (Lipinski definition) is 2. The van der Waals surface area contributed by atoms with Crippen molar-refractivity contribution in [2.75, 3.05) is 19.3 Å². The summed E-state index contributed by atoms with van der Waals surface area (Å²) in [6.07, 6.45) is 3.92. The normalized spacial score (nSPS) is 28.8. The Kier molecular flexibility index (Phi) is 4.26. The molecule has 0 aromatic rings. The fraction of sp³-hybridized carbons (Fsp3) is 0.900. The second-order valence-corrected chi connectivity index (χ2v) is 5.15. The molecular formula is C10H20N2OS. The molecule has 0 spiro atoms. The van der Waals surface area contributed by atoms with Crippen LogP contribution in [0.2, 0.25) is 0 Å². The van der Waals surface area contributed by atoms with Crippen molar-refractivity contribution in [3.63, 3.8) is 0 Å². The van der Waals surface area contributed by atoms with Crippen molar-refractivity contribution >= 4 is 17.7 Å². The van der Waals surface area contributed by atoms with Gasteiger partial charge in [0.05, 0.1) is 10.8 Å². The van der Waals surface area contributed by atoms with Gasteiger partial charge < -0.3 is 10.6 Å². The quantitative estimate of drug-likeness (QED) is 0.736. The topological polar surface area (TPSA) is 41.1 Å². The first-order valence-electron chi connectivity index (χ1n) is 5.17. The smallest absolute Gasteiger partial charge is 0.233 e. The van der Waals surface area contributed by atoms with Gasteiger partial charge in [-0.2, -0.15) is 11.8 Å². The predicted octanol–water partition coefficient (Wildman–Crippen LogP) is 0.996. The van der Waals surface area contributed by atoms with Crippen LogP contribution in [0.5, 0.6) is 0 Å². The predicted molar refractivity (Wildman–Crippen MR) is 61.6 cm³/mol. The molecule has 82 valence electrons. The van der Waals surface area contributed by atoms with Crippen LogP contribution in [-0.2, 0) is 4.79 Å². The molecule has 1 rings (SSSR count). The number of rotatable bonds is 4. The van der Waals surface area contributed by atoms with E-state index in [0.717, 1.165) is 25.9 Å². The highest BCUT2D eigenvalue weighted by atomic mass is 32.2. The van der Waals surface area contributed by atoms with Crippen LogP contribution in [0.4, 0.5) is 0 Å². The Labute approximate surface area is 90.4 Å². The Morgan fingerprint density at radius 2 is 2.43 bits per heavy atom. The van der Waals surface area contributed by atoms with Crippen LogP contribution >= 0.6 is 11.8 Å². The monoisotopic (exact) mass is 216 g/mol. The summed E-state index contributed by atoms with van der Waals surface area (Å²) in [5.74, 6) is 0.186. The van der Waals surface area contributed by atoms with E-state index in [-0.39, 0.29) is 16.7 Å². The molecule has 0 aromatic heterocycles. The maximum Gasteiger partial charge on any atom is 0.233 e. The van der Waals surface area contributed by atoms with E-state index in [1.807, 2.05) is 6.26 Å². The maximum atomic E-state index is 11.8. The molecular weight excluding hydrogens is 196 g/mol. The number of amides is 1. The lowest BCUT2D eigenvalue weighted by atomic mass is 10.0. The van der Waals surface area contributed by atoms with Crippen molar-refractivity contribution in [3.8, 4) is 0 Å². The number of hydrogen-bond acceptors (Lipinski definition) is 3. The van der Waals surface area contributed by atoms with Crippen LogP contribution in [0.1, 0.15) is 26.7 Å². The van der Waals surface area contributed by atoms with Gasteiger partial charge in [0.25, 0.3) is 0 Å². The summed E-state index contributed by atoms with van der Waals surface area (Å²) in [5, 5.41) is 6.51. The minimum Gasteiger partial charge on any atom is -0.349 e. The third-order valence-electron chi connectivity index (χ3n) is 2.74. The van der Waals surface area contributed by atoms with Crippen molar-refractivity contribution in [2.24, 2.45) is 0 Å². The molecule has 1 amide bonds. The van der Waals surface area contributed by atoms with Crippen molar-refractivity contribution in [3.05, 3.63) is 0 Å². The molecule has 1 heterocycles. The van der Waals surface area contributed by atoms with Gasteiger partial charge in [0.1, 0.15) is 0 Å². The van der Waals surface area contributed by atoms with Gasteiger partial charge in [0.15, 0.2) is 0 Å². The van der Waals surface area contributed by atoms with Crippen LogP contribution < -0.4 is 10.6 Å². The standard InChI is InChI=1S/C10H20N2OS/c1-4-8(14-3)9(13)12-10(2)5-6-11-7-10/h8,11H,4-7H2,1-3H3,(H,12,13). The lowest BCUT2D eigenvalue weighted by Gasteiger charge is -2.26. The van der Waals surface area contributed by atoms with E-state index in [2.05, 4.69) is 24.5 Å². The van der Waals surface area contributed by atoms with E-state index in [1.165, 1.54) is 0 Å². The molecule has 0 bridgehead atoms. The fourth-order valence-electron chi connectivity index (χ4n) is 1.76. The van der Waals surface area contributed by atoms with Crippen molar-refractivity contribution in [1.82, 2.24) is 10.6 Å². The van der Waals surface area contributed by atoms with E-state index in [9.17, 15) is 4.79 Å². The SMILES string of the molecule is CCC(SC)C(=O)NC1(C)CCNC1. The third kappa shape index (κ3) is 2.89. The molecule has 14 heavy (non-hydrogen) atoms. The van der Waals surface area contributed by atoms with E-state index in [4.69, 9.17) is 0 Å². The van der Waals surface area contributed by atoms with E-state index in [0.29, 0.717) is 0 Å². The molecule has 0 aromatic carbocycles. The van der Waals surface area contributed by atoms with Crippen LogP contribution in [0.15, 0.2) is 0 Å². The summed E-state index contributed by atoms with van der Waals surface area (Å²) in [6.45, 7) is 6.06. The maximum absolute atomic E-state index is 11.8. The number of carbonyl (C=O) groups is 1. The van der Waals surface area contributed by atoms with Crippen LogP contribution in [0, 0.1) is 0 Å². The lowest BCUT2D eigenvalue weighted by Crippen LogP contribution is -2.50. The van der Waals surface area contributed by atoms with Gasteiger partial charge in [-0.25, -0.2) is 0 Å². The summed E-state index contributed by atoms with van der Waals surface area (Å²) in [6, 6.07) is 0. The van der Waals surface area contributed by atoms with Gasteiger partial charge in [-0.05, 0) is 32.6 Å². The molecule has 3 nitrogen and oxygen atoms in total. The molecule has 0 radical (unpaired) electrons. The zero-order chi connectivity index (χ0) is 10.6.